The summed E-state index contributed by atoms with van der Waals surface area (Å²) < 4.78 is 6.42. The molecule has 0 unspecified atom stereocenters. The molecule has 4 nitrogen and oxygen atoms in total. The van der Waals surface area contributed by atoms with Crippen LogP contribution in [-0.4, -0.2) is 17.6 Å². The van der Waals surface area contributed by atoms with Gasteiger partial charge in [0.15, 0.2) is 0 Å². The van der Waals surface area contributed by atoms with Crippen molar-refractivity contribution in [2.45, 2.75) is 20.8 Å². The molecule has 1 aromatic carbocycles. The highest BCUT2D eigenvalue weighted by molar-refractivity contribution is 5.93. The SMILES string of the molecule is COc1cc(C)c2c(c1)cc(C)c(=O)n2C(C)=O. The van der Waals surface area contributed by atoms with E-state index in [4.69, 9.17) is 4.74 Å². The smallest absolute Gasteiger partial charge is 0.260 e. The van der Waals surface area contributed by atoms with Crippen molar-refractivity contribution >= 4 is 16.8 Å². The van der Waals surface area contributed by atoms with Gasteiger partial charge < -0.3 is 4.74 Å². The topological polar surface area (TPSA) is 48.3 Å². The fourth-order valence-corrected chi connectivity index (χ4v) is 2.18. The molecule has 1 aromatic heterocycles. The second-order valence-electron chi connectivity index (χ2n) is 4.37. The van der Waals surface area contributed by atoms with Crippen molar-refractivity contribution < 1.29 is 9.53 Å². The van der Waals surface area contributed by atoms with Crippen LogP contribution in [0, 0.1) is 13.8 Å². The molecule has 0 amide bonds. The monoisotopic (exact) mass is 245 g/mol. The van der Waals surface area contributed by atoms with Crippen LogP contribution in [0.5, 0.6) is 5.75 Å². The van der Waals surface area contributed by atoms with Gasteiger partial charge >= 0.3 is 0 Å². The molecule has 1 heterocycles. The number of rotatable bonds is 1. The Balaban J connectivity index is 3.02. The summed E-state index contributed by atoms with van der Waals surface area (Å²) in [6, 6.07) is 5.43. The van der Waals surface area contributed by atoms with Crippen molar-refractivity contribution in [3.05, 3.63) is 39.7 Å². The number of carbonyl (C=O) groups is 1. The number of aromatic nitrogens is 1. The number of hydrogen-bond acceptors (Lipinski definition) is 3. The number of carbonyl (C=O) groups excluding carboxylic acids is 1. The number of nitrogens with zero attached hydrogens (tertiary/aromatic N) is 1. The van der Waals surface area contributed by atoms with E-state index in [1.165, 1.54) is 11.5 Å². The zero-order chi connectivity index (χ0) is 13.4. The van der Waals surface area contributed by atoms with Gasteiger partial charge in [0.05, 0.1) is 12.6 Å². The number of aryl methyl sites for hydroxylation is 2. The summed E-state index contributed by atoms with van der Waals surface area (Å²) in [6.07, 6.45) is 0. The Hall–Kier alpha value is -2.10. The summed E-state index contributed by atoms with van der Waals surface area (Å²) in [7, 11) is 1.59. The van der Waals surface area contributed by atoms with Crippen LogP contribution in [0.15, 0.2) is 23.0 Å². The molecule has 4 heteroatoms. The maximum atomic E-state index is 12.0. The highest BCUT2D eigenvalue weighted by Gasteiger charge is 2.13. The zero-order valence-electron chi connectivity index (χ0n) is 10.9. The first-order valence-corrected chi connectivity index (χ1v) is 5.67. The van der Waals surface area contributed by atoms with E-state index in [0.717, 1.165) is 10.9 Å². The lowest BCUT2D eigenvalue weighted by Crippen LogP contribution is -2.27. The van der Waals surface area contributed by atoms with Crippen LogP contribution < -0.4 is 10.3 Å². The molecule has 0 radical (unpaired) electrons. The number of pyridine rings is 1. The van der Waals surface area contributed by atoms with Gasteiger partial charge in [-0.05, 0) is 37.6 Å². The van der Waals surface area contributed by atoms with Crippen molar-refractivity contribution in [1.82, 2.24) is 4.57 Å². The molecular formula is C14H15NO3. The van der Waals surface area contributed by atoms with E-state index in [1.807, 2.05) is 19.1 Å². The van der Waals surface area contributed by atoms with Crippen LogP contribution in [0.2, 0.25) is 0 Å². The Bertz CT molecular complexity index is 698. The summed E-state index contributed by atoms with van der Waals surface area (Å²) >= 11 is 0. The number of ether oxygens (including phenoxy) is 1. The zero-order valence-corrected chi connectivity index (χ0v) is 10.9. The van der Waals surface area contributed by atoms with Gasteiger partial charge in [-0.2, -0.15) is 0 Å². The van der Waals surface area contributed by atoms with E-state index in [-0.39, 0.29) is 11.5 Å². The van der Waals surface area contributed by atoms with Crippen molar-refractivity contribution in [2.24, 2.45) is 0 Å². The maximum absolute atomic E-state index is 12.0. The van der Waals surface area contributed by atoms with Gasteiger partial charge in [0.2, 0.25) is 5.91 Å². The van der Waals surface area contributed by atoms with Crippen LogP contribution in [0.4, 0.5) is 0 Å². The molecule has 0 aliphatic carbocycles. The predicted octanol–water partition coefficient (Wildman–Crippen LogP) is 2.29. The van der Waals surface area contributed by atoms with E-state index in [2.05, 4.69) is 0 Å². The van der Waals surface area contributed by atoms with Gasteiger partial charge in [0.25, 0.3) is 5.56 Å². The minimum atomic E-state index is -0.276. The first-order chi connectivity index (χ1) is 8.45. The Morgan fingerprint density at radius 3 is 2.39 bits per heavy atom. The average molecular weight is 245 g/mol. The standard InChI is InChI=1S/C14H15NO3/c1-8-6-12(18-4)7-11-5-9(2)14(17)15(10(3)16)13(8)11/h5-7H,1-4H3. The van der Waals surface area contributed by atoms with Gasteiger partial charge in [-0.15, -0.1) is 0 Å². The quantitative estimate of drug-likeness (QED) is 0.774. The number of methoxy groups -OCH3 is 1. The molecule has 0 saturated heterocycles. The summed E-state index contributed by atoms with van der Waals surface area (Å²) in [5.74, 6) is 0.440. The summed E-state index contributed by atoms with van der Waals surface area (Å²) in [4.78, 5) is 23.7. The van der Waals surface area contributed by atoms with E-state index < -0.39 is 0 Å². The summed E-state index contributed by atoms with van der Waals surface area (Å²) in [5, 5.41) is 0.833. The van der Waals surface area contributed by atoms with Crippen LogP contribution >= 0.6 is 0 Å². The number of hydrogen-bond donors (Lipinski definition) is 0. The van der Waals surface area contributed by atoms with Crippen molar-refractivity contribution in [3.63, 3.8) is 0 Å². The van der Waals surface area contributed by atoms with Gasteiger partial charge in [0, 0.05) is 17.9 Å². The molecular weight excluding hydrogens is 230 g/mol. The fraction of sp³-hybridized carbons (Fsp3) is 0.286. The molecule has 0 fully saturated rings. The van der Waals surface area contributed by atoms with E-state index in [1.54, 1.807) is 20.1 Å². The normalized spacial score (nSPS) is 10.7. The first kappa shape index (κ1) is 12.4. The van der Waals surface area contributed by atoms with E-state index in [0.29, 0.717) is 16.8 Å². The van der Waals surface area contributed by atoms with Gasteiger partial charge in [-0.3, -0.25) is 9.59 Å². The second kappa shape index (κ2) is 4.29. The lowest BCUT2D eigenvalue weighted by molar-refractivity contribution is 0.0937. The minimum Gasteiger partial charge on any atom is -0.497 e. The third-order valence-electron chi connectivity index (χ3n) is 2.99. The van der Waals surface area contributed by atoms with Crippen molar-refractivity contribution in [3.8, 4) is 5.75 Å². The minimum absolute atomic E-state index is 0.261. The molecule has 0 atom stereocenters. The lowest BCUT2D eigenvalue weighted by atomic mass is 10.1. The fourth-order valence-electron chi connectivity index (χ4n) is 2.18. The van der Waals surface area contributed by atoms with Gasteiger partial charge in [0.1, 0.15) is 5.75 Å². The summed E-state index contributed by atoms with van der Waals surface area (Å²) in [6.45, 7) is 4.96. The maximum Gasteiger partial charge on any atom is 0.260 e. The average Bonchev–Trinajstić information content (AvgIpc) is 2.30. The number of benzene rings is 1. The van der Waals surface area contributed by atoms with E-state index >= 15 is 0 Å². The van der Waals surface area contributed by atoms with Gasteiger partial charge in [-0.25, -0.2) is 4.57 Å². The summed E-state index contributed by atoms with van der Waals surface area (Å²) in [5.41, 5.74) is 1.78. The van der Waals surface area contributed by atoms with Crippen molar-refractivity contribution in [1.29, 1.82) is 0 Å². The molecule has 0 aliphatic rings. The molecule has 18 heavy (non-hydrogen) atoms. The Morgan fingerprint density at radius 2 is 1.83 bits per heavy atom. The second-order valence-corrected chi connectivity index (χ2v) is 4.37. The molecule has 2 rings (SSSR count). The Labute approximate surface area is 105 Å². The van der Waals surface area contributed by atoms with Crippen LogP contribution in [-0.2, 0) is 0 Å². The molecule has 0 bridgehead atoms. The first-order valence-electron chi connectivity index (χ1n) is 5.67. The highest BCUT2D eigenvalue weighted by Crippen LogP contribution is 2.24. The molecule has 0 N–H and O–H groups in total. The Kier molecular flexibility index (Phi) is 2.95. The predicted molar refractivity (Wildman–Crippen MR) is 70.5 cm³/mol. The molecule has 0 saturated carbocycles. The van der Waals surface area contributed by atoms with Crippen LogP contribution in [0.3, 0.4) is 0 Å². The molecule has 2 aromatic rings. The lowest BCUT2D eigenvalue weighted by Gasteiger charge is -2.12. The van der Waals surface area contributed by atoms with Gasteiger partial charge in [-0.1, -0.05) is 0 Å². The Morgan fingerprint density at radius 1 is 1.17 bits per heavy atom. The molecule has 0 spiro atoms. The van der Waals surface area contributed by atoms with Crippen molar-refractivity contribution in [2.75, 3.05) is 7.11 Å². The van der Waals surface area contributed by atoms with Crippen LogP contribution in [0.25, 0.3) is 10.9 Å². The largest absolute Gasteiger partial charge is 0.497 e. The molecule has 0 aliphatic heterocycles. The molecule has 94 valence electrons. The van der Waals surface area contributed by atoms with Crippen LogP contribution in [0.1, 0.15) is 22.8 Å². The number of fused-ring (bicyclic) bond motifs is 1. The third kappa shape index (κ3) is 1.79. The third-order valence-corrected chi connectivity index (χ3v) is 2.99. The van der Waals surface area contributed by atoms with E-state index in [9.17, 15) is 9.59 Å². The highest BCUT2D eigenvalue weighted by atomic mass is 16.5.